The van der Waals surface area contributed by atoms with Gasteiger partial charge in [0.15, 0.2) is 0 Å². The van der Waals surface area contributed by atoms with Gasteiger partial charge in [0.25, 0.3) is 0 Å². The van der Waals surface area contributed by atoms with Crippen molar-refractivity contribution in [3.8, 4) is 0 Å². The Morgan fingerprint density at radius 2 is 2.00 bits per heavy atom. The predicted octanol–water partition coefficient (Wildman–Crippen LogP) is 1.96. The third kappa shape index (κ3) is 4.01. The largest absolute Gasteiger partial charge is 0.469 e. The molecule has 0 saturated carbocycles. The molecule has 2 atom stereocenters. The first-order valence-corrected chi connectivity index (χ1v) is 7.69. The second kappa shape index (κ2) is 7.46. The van der Waals surface area contributed by atoms with E-state index in [1.54, 1.807) is 6.92 Å². The molecule has 2 unspecified atom stereocenters. The van der Waals surface area contributed by atoms with Crippen molar-refractivity contribution in [2.75, 3.05) is 20.2 Å². The lowest BCUT2D eigenvalue weighted by Crippen LogP contribution is -2.40. The quantitative estimate of drug-likeness (QED) is 0.861. The highest BCUT2D eigenvalue weighted by molar-refractivity contribution is 5.77. The summed E-state index contributed by atoms with van der Waals surface area (Å²) in [5.41, 5.74) is -0.0847. The first kappa shape index (κ1) is 17.3. The standard InChI is InChI=1S/C17H23NO5/c1-17(15(20)22-2)9-11-18(10-8-14(17)19)16(21)23-12-13-6-4-3-5-7-13/h3-7,14,19H,8-12H2,1-2H3. The predicted molar refractivity (Wildman–Crippen MR) is 83.6 cm³/mol. The first-order valence-electron chi connectivity index (χ1n) is 7.69. The van der Waals surface area contributed by atoms with Crippen LogP contribution in [-0.4, -0.2) is 48.4 Å². The summed E-state index contributed by atoms with van der Waals surface area (Å²) in [6.45, 7) is 2.56. The summed E-state index contributed by atoms with van der Waals surface area (Å²) in [6.07, 6.45) is -0.634. The average molecular weight is 321 g/mol. The topological polar surface area (TPSA) is 76.1 Å². The Kier molecular flexibility index (Phi) is 5.60. The summed E-state index contributed by atoms with van der Waals surface area (Å²) in [7, 11) is 1.30. The van der Waals surface area contributed by atoms with Gasteiger partial charge in [-0.05, 0) is 25.3 Å². The number of nitrogens with zero attached hydrogens (tertiary/aromatic N) is 1. The summed E-state index contributed by atoms with van der Waals surface area (Å²) in [6, 6.07) is 9.43. The maximum Gasteiger partial charge on any atom is 0.410 e. The molecule has 0 radical (unpaired) electrons. The molecule has 126 valence electrons. The van der Waals surface area contributed by atoms with Crippen LogP contribution in [0.2, 0.25) is 0 Å². The Labute approximate surface area is 136 Å². The lowest BCUT2D eigenvalue weighted by atomic mass is 9.80. The molecule has 1 aliphatic rings. The van der Waals surface area contributed by atoms with Gasteiger partial charge in [-0.15, -0.1) is 0 Å². The minimum Gasteiger partial charge on any atom is -0.469 e. The van der Waals surface area contributed by atoms with E-state index in [1.165, 1.54) is 12.0 Å². The zero-order valence-electron chi connectivity index (χ0n) is 13.5. The fraction of sp³-hybridized carbons (Fsp3) is 0.529. The molecule has 1 aliphatic heterocycles. The van der Waals surface area contributed by atoms with Gasteiger partial charge in [-0.1, -0.05) is 30.3 Å². The highest BCUT2D eigenvalue weighted by atomic mass is 16.6. The lowest BCUT2D eigenvalue weighted by molar-refractivity contribution is -0.159. The van der Waals surface area contributed by atoms with Gasteiger partial charge in [0.2, 0.25) is 0 Å². The molecule has 1 N–H and O–H groups in total. The van der Waals surface area contributed by atoms with Crippen LogP contribution in [-0.2, 0) is 20.9 Å². The van der Waals surface area contributed by atoms with Crippen LogP contribution in [0.1, 0.15) is 25.3 Å². The van der Waals surface area contributed by atoms with Gasteiger partial charge in [-0.3, -0.25) is 4.79 Å². The minimum absolute atomic E-state index is 0.201. The third-order valence-corrected chi connectivity index (χ3v) is 4.42. The van der Waals surface area contributed by atoms with E-state index in [0.717, 1.165) is 5.56 Å². The van der Waals surface area contributed by atoms with Gasteiger partial charge in [-0.2, -0.15) is 0 Å². The molecule has 1 aromatic carbocycles. The van der Waals surface area contributed by atoms with Gasteiger partial charge in [0, 0.05) is 13.1 Å². The molecule has 1 aromatic rings. The zero-order valence-corrected chi connectivity index (χ0v) is 13.5. The maximum atomic E-state index is 12.2. The first-order chi connectivity index (χ1) is 11.0. The van der Waals surface area contributed by atoms with E-state index in [9.17, 15) is 14.7 Å². The number of carbonyl (C=O) groups excluding carboxylic acids is 2. The number of aliphatic hydroxyl groups is 1. The number of hydrogen-bond acceptors (Lipinski definition) is 5. The number of amides is 1. The van der Waals surface area contributed by atoms with E-state index in [1.807, 2.05) is 30.3 Å². The number of methoxy groups -OCH3 is 1. The van der Waals surface area contributed by atoms with Crippen molar-refractivity contribution in [3.05, 3.63) is 35.9 Å². The second-order valence-electron chi connectivity index (χ2n) is 5.99. The maximum absolute atomic E-state index is 12.2. The van der Waals surface area contributed by atoms with Crippen molar-refractivity contribution >= 4 is 12.1 Å². The summed E-state index contributed by atoms with van der Waals surface area (Å²) in [4.78, 5) is 25.6. The van der Waals surface area contributed by atoms with Gasteiger partial charge >= 0.3 is 12.1 Å². The molecule has 1 amide bonds. The third-order valence-electron chi connectivity index (χ3n) is 4.42. The summed E-state index contributed by atoms with van der Waals surface area (Å²) < 4.78 is 10.1. The van der Waals surface area contributed by atoms with Crippen LogP contribution >= 0.6 is 0 Å². The number of carbonyl (C=O) groups is 2. The fourth-order valence-corrected chi connectivity index (χ4v) is 2.71. The number of aliphatic hydroxyl groups excluding tert-OH is 1. The second-order valence-corrected chi connectivity index (χ2v) is 5.99. The number of esters is 1. The Bertz CT molecular complexity index is 547. The van der Waals surface area contributed by atoms with Gasteiger partial charge in [-0.25, -0.2) is 4.79 Å². The minimum atomic E-state index is -0.997. The zero-order chi connectivity index (χ0) is 16.9. The van der Waals surface area contributed by atoms with Crippen LogP contribution in [0, 0.1) is 5.41 Å². The summed E-state index contributed by atoms with van der Waals surface area (Å²) in [5.74, 6) is -0.454. The highest BCUT2D eigenvalue weighted by Crippen LogP contribution is 2.32. The van der Waals surface area contributed by atoms with E-state index in [2.05, 4.69) is 0 Å². The Morgan fingerprint density at radius 1 is 1.30 bits per heavy atom. The summed E-state index contributed by atoms with van der Waals surface area (Å²) in [5, 5.41) is 10.2. The van der Waals surface area contributed by atoms with E-state index < -0.39 is 23.6 Å². The van der Waals surface area contributed by atoms with Crippen molar-refractivity contribution in [1.29, 1.82) is 0 Å². The number of likely N-dealkylation sites (tertiary alicyclic amines) is 1. The summed E-state index contributed by atoms with van der Waals surface area (Å²) >= 11 is 0. The van der Waals surface area contributed by atoms with E-state index in [0.29, 0.717) is 25.9 Å². The Morgan fingerprint density at radius 3 is 2.65 bits per heavy atom. The highest BCUT2D eigenvalue weighted by Gasteiger charge is 2.44. The molecular weight excluding hydrogens is 298 g/mol. The number of rotatable bonds is 3. The molecule has 6 nitrogen and oxygen atoms in total. The molecule has 23 heavy (non-hydrogen) atoms. The Balaban J connectivity index is 1.94. The number of benzene rings is 1. The molecule has 0 spiro atoms. The normalized spacial score (nSPS) is 24.7. The monoisotopic (exact) mass is 321 g/mol. The molecule has 1 fully saturated rings. The van der Waals surface area contributed by atoms with Gasteiger partial charge in [0.1, 0.15) is 6.61 Å². The molecule has 0 aromatic heterocycles. The van der Waals surface area contributed by atoms with Crippen molar-refractivity contribution in [3.63, 3.8) is 0 Å². The van der Waals surface area contributed by atoms with E-state index in [-0.39, 0.29) is 6.61 Å². The van der Waals surface area contributed by atoms with Crippen LogP contribution in [0.3, 0.4) is 0 Å². The number of hydrogen-bond donors (Lipinski definition) is 1. The Hall–Kier alpha value is -2.08. The van der Waals surface area contributed by atoms with Crippen LogP contribution in [0.5, 0.6) is 0 Å². The lowest BCUT2D eigenvalue weighted by Gasteiger charge is -2.29. The van der Waals surface area contributed by atoms with Crippen LogP contribution < -0.4 is 0 Å². The van der Waals surface area contributed by atoms with Crippen molar-refractivity contribution in [2.24, 2.45) is 5.41 Å². The molecule has 2 rings (SSSR count). The van der Waals surface area contributed by atoms with E-state index >= 15 is 0 Å². The van der Waals surface area contributed by atoms with Crippen molar-refractivity contribution < 1.29 is 24.2 Å². The van der Waals surface area contributed by atoms with Gasteiger partial charge in [0.05, 0.1) is 18.6 Å². The molecule has 1 saturated heterocycles. The average Bonchev–Trinajstić information content (AvgIpc) is 2.73. The van der Waals surface area contributed by atoms with Crippen molar-refractivity contribution in [2.45, 2.75) is 32.5 Å². The van der Waals surface area contributed by atoms with Gasteiger partial charge < -0.3 is 19.5 Å². The molecule has 6 heteroatoms. The molecule has 0 bridgehead atoms. The van der Waals surface area contributed by atoms with Crippen LogP contribution in [0.25, 0.3) is 0 Å². The van der Waals surface area contributed by atoms with E-state index in [4.69, 9.17) is 9.47 Å². The van der Waals surface area contributed by atoms with Crippen LogP contribution in [0.15, 0.2) is 30.3 Å². The smallest absolute Gasteiger partial charge is 0.410 e. The molecule has 1 heterocycles. The molecule has 0 aliphatic carbocycles. The molecular formula is C17H23NO5. The fourth-order valence-electron chi connectivity index (χ4n) is 2.71. The van der Waals surface area contributed by atoms with Crippen molar-refractivity contribution in [1.82, 2.24) is 4.90 Å². The van der Waals surface area contributed by atoms with Crippen LogP contribution in [0.4, 0.5) is 4.79 Å². The SMILES string of the molecule is COC(=O)C1(C)CCN(C(=O)OCc2ccccc2)CCC1O. The number of ether oxygens (including phenoxy) is 2.